The highest BCUT2D eigenvalue weighted by molar-refractivity contribution is 7.21. The minimum absolute atomic E-state index is 0.0841. The standard InChI is InChI=1S/C16H10N2O3S/c1-20-16(19)11(8-17)6-10-7-13(21-9-10)15-18-12-4-2-3-5-14(12)22-15/h2-7,9H,1H3. The summed E-state index contributed by atoms with van der Waals surface area (Å²) in [7, 11) is 1.23. The first-order valence-corrected chi connectivity index (χ1v) is 7.17. The van der Waals surface area contributed by atoms with Crippen LogP contribution in [-0.4, -0.2) is 18.1 Å². The van der Waals surface area contributed by atoms with E-state index < -0.39 is 5.97 Å². The van der Waals surface area contributed by atoms with Crippen LogP contribution in [0.2, 0.25) is 0 Å². The number of fused-ring (bicyclic) bond motifs is 1. The largest absolute Gasteiger partial charge is 0.465 e. The molecule has 0 spiro atoms. The zero-order valence-corrected chi connectivity index (χ0v) is 12.4. The summed E-state index contributed by atoms with van der Waals surface area (Å²) in [6, 6.07) is 11.3. The van der Waals surface area contributed by atoms with Gasteiger partial charge in [-0.1, -0.05) is 12.1 Å². The van der Waals surface area contributed by atoms with Crippen molar-refractivity contribution in [2.75, 3.05) is 7.11 Å². The number of furan rings is 1. The van der Waals surface area contributed by atoms with Gasteiger partial charge in [0, 0.05) is 5.56 Å². The lowest BCUT2D eigenvalue weighted by atomic mass is 10.2. The lowest BCUT2D eigenvalue weighted by Crippen LogP contribution is -2.02. The van der Waals surface area contributed by atoms with E-state index in [1.165, 1.54) is 30.8 Å². The van der Waals surface area contributed by atoms with Crippen LogP contribution in [0.15, 0.2) is 46.6 Å². The molecule has 0 atom stereocenters. The molecule has 0 unspecified atom stereocenters. The van der Waals surface area contributed by atoms with Gasteiger partial charge in [0.25, 0.3) is 0 Å². The fourth-order valence-corrected chi connectivity index (χ4v) is 2.85. The van der Waals surface area contributed by atoms with Crippen molar-refractivity contribution < 1.29 is 13.9 Å². The summed E-state index contributed by atoms with van der Waals surface area (Å²) < 4.78 is 11.1. The van der Waals surface area contributed by atoms with E-state index in [9.17, 15) is 4.79 Å². The van der Waals surface area contributed by atoms with E-state index in [-0.39, 0.29) is 5.57 Å². The molecule has 0 aliphatic rings. The van der Waals surface area contributed by atoms with Gasteiger partial charge in [0.1, 0.15) is 11.6 Å². The number of nitriles is 1. The first kappa shape index (κ1) is 14.0. The van der Waals surface area contributed by atoms with Crippen molar-refractivity contribution in [1.82, 2.24) is 4.98 Å². The van der Waals surface area contributed by atoms with Crippen LogP contribution in [0.1, 0.15) is 5.56 Å². The van der Waals surface area contributed by atoms with E-state index in [2.05, 4.69) is 9.72 Å². The van der Waals surface area contributed by atoms with E-state index in [4.69, 9.17) is 9.68 Å². The van der Waals surface area contributed by atoms with Crippen molar-refractivity contribution in [3.8, 4) is 16.8 Å². The summed E-state index contributed by atoms with van der Waals surface area (Å²) in [6.07, 6.45) is 2.90. The molecule has 3 aromatic rings. The quantitative estimate of drug-likeness (QED) is 0.419. The third-order valence-electron chi connectivity index (χ3n) is 2.96. The minimum atomic E-state index is -0.676. The third-order valence-corrected chi connectivity index (χ3v) is 4.01. The van der Waals surface area contributed by atoms with Gasteiger partial charge in [-0.25, -0.2) is 9.78 Å². The van der Waals surface area contributed by atoms with Crippen LogP contribution in [0.25, 0.3) is 27.1 Å². The molecule has 3 rings (SSSR count). The number of hydrogen-bond acceptors (Lipinski definition) is 6. The fraction of sp³-hybridized carbons (Fsp3) is 0.0625. The molecule has 0 bridgehead atoms. The number of para-hydroxylation sites is 1. The number of benzene rings is 1. The second kappa shape index (κ2) is 5.84. The van der Waals surface area contributed by atoms with Crippen LogP contribution in [0.3, 0.4) is 0 Å². The van der Waals surface area contributed by atoms with Crippen molar-refractivity contribution in [3.05, 3.63) is 47.7 Å². The van der Waals surface area contributed by atoms with Gasteiger partial charge in [0.15, 0.2) is 10.8 Å². The second-order valence-corrected chi connectivity index (χ2v) is 5.42. The number of esters is 1. The highest BCUT2D eigenvalue weighted by atomic mass is 32.1. The Morgan fingerprint density at radius 3 is 3.00 bits per heavy atom. The Labute approximate surface area is 130 Å². The van der Waals surface area contributed by atoms with Crippen LogP contribution in [-0.2, 0) is 9.53 Å². The number of ether oxygens (including phenoxy) is 1. The Morgan fingerprint density at radius 2 is 2.27 bits per heavy atom. The van der Waals surface area contributed by atoms with Gasteiger partial charge in [0.2, 0.25) is 0 Å². The van der Waals surface area contributed by atoms with Gasteiger partial charge >= 0.3 is 5.97 Å². The summed E-state index contributed by atoms with van der Waals surface area (Å²) in [4.78, 5) is 15.9. The van der Waals surface area contributed by atoms with E-state index in [0.717, 1.165) is 15.2 Å². The number of aromatic nitrogens is 1. The summed E-state index contributed by atoms with van der Waals surface area (Å²) in [5, 5.41) is 9.70. The Morgan fingerprint density at radius 1 is 1.45 bits per heavy atom. The van der Waals surface area contributed by atoms with Gasteiger partial charge in [-0.15, -0.1) is 11.3 Å². The molecule has 0 saturated heterocycles. The maximum absolute atomic E-state index is 11.4. The molecule has 0 amide bonds. The lowest BCUT2D eigenvalue weighted by Gasteiger charge is -1.93. The second-order valence-electron chi connectivity index (χ2n) is 4.39. The number of nitrogens with zero attached hydrogens (tertiary/aromatic N) is 2. The number of methoxy groups -OCH3 is 1. The number of carbonyl (C=O) groups excluding carboxylic acids is 1. The maximum Gasteiger partial charge on any atom is 0.348 e. The molecular formula is C16H10N2O3S. The number of rotatable bonds is 3. The summed E-state index contributed by atoms with van der Waals surface area (Å²) >= 11 is 1.52. The Balaban J connectivity index is 1.95. The first-order chi connectivity index (χ1) is 10.7. The van der Waals surface area contributed by atoms with E-state index in [0.29, 0.717) is 11.3 Å². The van der Waals surface area contributed by atoms with Gasteiger partial charge in [-0.3, -0.25) is 0 Å². The smallest absolute Gasteiger partial charge is 0.348 e. The van der Waals surface area contributed by atoms with Crippen LogP contribution in [0, 0.1) is 11.3 Å². The van der Waals surface area contributed by atoms with E-state index in [1.54, 1.807) is 12.1 Å². The summed E-state index contributed by atoms with van der Waals surface area (Å²) in [6.45, 7) is 0. The van der Waals surface area contributed by atoms with Crippen LogP contribution < -0.4 is 0 Å². The molecule has 1 aromatic carbocycles. The molecular weight excluding hydrogens is 300 g/mol. The topological polar surface area (TPSA) is 76.1 Å². The average Bonchev–Trinajstić information content (AvgIpc) is 3.17. The summed E-state index contributed by atoms with van der Waals surface area (Å²) in [5.74, 6) is -0.0835. The predicted molar refractivity (Wildman–Crippen MR) is 82.9 cm³/mol. The minimum Gasteiger partial charge on any atom is -0.465 e. The van der Waals surface area contributed by atoms with Crippen LogP contribution in [0.4, 0.5) is 0 Å². The van der Waals surface area contributed by atoms with E-state index in [1.807, 2.05) is 24.3 Å². The summed E-state index contributed by atoms with van der Waals surface area (Å²) in [5.41, 5.74) is 1.43. The molecule has 22 heavy (non-hydrogen) atoms. The molecule has 0 fully saturated rings. The highest BCUT2D eigenvalue weighted by Crippen LogP contribution is 2.31. The molecule has 0 N–H and O–H groups in total. The molecule has 0 aliphatic heterocycles. The Bertz CT molecular complexity index is 882. The highest BCUT2D eigenvalue weighted by Gasteiger charge is 2.12. The molecule has 6 heteroatoms. The molecule has 108 valence electrons. The fourth-order valence-electron chi connectivity index (χ4n) is 1.93. The van der Waals surface area contributed by atoms with Gasteiger partial charge in [-0.05, 0) is 24.3 Å². The molecule has 5 nitrogen and oxygen atoms in total. The van der Waals surface area contributed by atoms with E-state index >= 15 is 0 Å². The lowest BCUT2D eigenvalue weighted by molar-refractivity contribution is -0.135. The zero-order chi connectivity index (χ0) is 15.5. The molecule has 2 aromatic heterocycles. The van der Waals surface area contributed by atoms with Crippen molar-refractivity contribution in [1.29, 1.82) is 5.26 Å². The number of thiazole rings is 1. The van der Waals surface area contributed by atoms with Gasteiger partial charge in [0.05, 0.1) is 23.6 Å². The van der Waals surface area contributed by atoms with Crippen molar-refractivity contribution >= 4 is 33.6 Å². The third kappa shape index (κ3) is 2.62. The zero-order valence-electron chi connectivity index (χ0n) is 11.6. The monoisotopic (exact) mass is 310 g/mol. The Hall–Kier alpha value is -2.91. The molecule has 0 radical (unpaired) electrons. The molecule has 0 saturated carbocycles. The molecule has 0 aliphatic carbocycles. The Kier molecular flexibility index (Phi) is 3.73. The normalized spacial score (nSPS) is 11.4. The van der Waals surface area contributed by atoms with Gasteiger partial charge < -0.3 is 9.15 Å². The molecule has 2 heterocycles. The van der Waals surface area contributed by atoms with Crippen LogP contribution in [0.5, 0.6) is 0 Å². The number of carbonyl (C=O) groups is 1. The van der Waals surface area contributed by atoms with Crippen molar-refractivity contribution in [2.45, 2.75) is 0 Å². The van der Waals surface area contributed by atoms with Gasteiger partial charge in [-0.2, -0.15) is 5.26 Å². The SMILES string of the molecule is COC(=O)C(C#N)=Cc1coc(-c2nc3ccccc3s2)c1. The first-order valence-electron chi connectivity index (χ1n) is 6.36. The maximum atomic E-state index is 11.4. The van der Waals surface area contributed by atoms with Crippen molar-refractivity contribution in [2.24, 2.45) is 0 Å². The average molecular weight is 310 g/mol. The van der Waals surface area contributed by atoms with Crippen molar-refractivity contribution in [3.63, 3.8) is 0 Å². The number of hydrogen-bond donors (Lipinski definition) is 0. The van der Waals surface area contributed by atoms with Crippen LogP contribution >= 0.6 is 11.3 Å². The predicted octanol–water partition coefficient (Wildman–Crippen LogP) is 3.64.